The average molecular weight is 249 g/mol. The molecule has 2 aromatic rings. The van der Waals surface area contributed by atoms with Gasteiger partial charge in [0, 0.05) is 18.6 Å². The van der Waals surface area contributed by atoms with Crippen molar-refractivity contribution in [1.29, 1.82) is 0 Å². The zero-order valence-electron chi connectivity index (χ0n) is 9.92. The van der Waals surface area contributed by atoms with E-state index in [-0.39, 0.29) is 6.61 Å². The van der Waals surface area contributed by atoms with Gasteiger partial charge in [-0.25, -0.2) is 9.97 Å². The first-order valence-corrected chi connectivity index (χ1v) is 6.29. The van der Waals surface area contributed by atoms with E-state index < -0.39 is 0 Å². The van der Waals surface area contributed by atoms with Gasteiger partial charge in [0.25, 0.3) is 0 Å². The molecule has 0 saturated carbocycles. The van der Waals surface area contributed by atoms with E-state index >= 15 is 0 Å². The fraction of sp³-hybridized carbons (Fsp3) is 0.333. The highest BCUT2D eigenvalue weighted by atomic mass is 32.1. The second-order valence-corrected chi connectivity index (χ2v) is 4.70. The monoisotopic (exact) mass is 249 g/mol. The molecular formula is C12H15N3OS. The number of pyridine rings is 1. The summed E-state index contributed by atoms with van der Waals surface area (Å²) in [6.07, 6.45) is 1.71. The maximum atomic E-state index is 9.04. The van der Waals surface area contributed by atoms with Crippen molar-refractivity contribution in [2.75, 3.05) is 11.9 Å². The maximum absolute atomic E-state index is 9.04. The van der Waals surface area contributed by atoms with Crippen molar-refractivity contribution in [3.05, 3.63) is 40.0 Å². The van der Waals surface area contributed by atoms with Gasteiger partial charge in [-0.2, -0.15) is 0 Å². The number of anilines is 1. The normalized spacial score (nSPS) is 10.5. The van der Waals surface area contributed by atoms with Crippen molar-refractivity contribution in [2.24, 2.45) is 0 Å². The van der Waals surface area contributed by atoms with Crippen molar-refractivity contribution < 1.29 is 5.11 Å². The van der Waals surface area contributed by atoms with E-state index in [1.807, 2.05) is 30.9 Å². The van der Waals surface area contributed by atoms with Crippen molar-refractivity contribution in [3.63, 3.8) is 0 Å². The van der Waals surface area contributed by atoms with Gasteiger partial charge in [-0.15, -0.1) is 11.3 Å². The van der Waals surface area contributed by atoms with Crippen LogP contribution in [0.15, 0.2) is 23.2 Å². The summed E-state index contributed by atoms with van der Waals surface area (Å²) >= 11 is 1.60. The molecule has 0 bridgehead atoms. The summed E-state index contributed by atoms with van der Waals surface area (Å²) in [5.74, 6) is 0.926. The zero-order chi connectivity index (χ0) is 12.3. The number of aliphatic hydroxyl groups excluding tert-OH is 1. The van der Waals surface area contributed by atoms with E-state index in [1.54, 1.807) is 17.5 Å². The van der Waals surface area contributed by atoms with Gasteiger partial charge in [-0.3, -0.25) is 0 Å². The van der Waals surface area contributed by atoms with Gasteiger partial charge in [0.15, 0.2) is 0 Å². The molecule has 4 nitrogen and oxygen atoms in total. The smallest absolute Gasteiger partial charge is 0.131 e. The minimum absolute atomic E-state index is 0.0317. The standard InChI is InChI=1S/C12H15N3OS/c1-9-3-10(6-16)4-13-12(9)15(2)5-11-7-17-8-14-11/h3-4,7-8,16H,5-6H2,1-2H3. The second kappa shape index (κ2) is 5.25. The molecule has 0 aliphatic heterocycles. The third-order valence-corrected chi connectivity index (χ3v) is 3.17. The third-order valence-electron chi connectivity index (χ3n) is 2.53. The van der Waals surface area contributed by atoms with Crippen LogP contribution in [0.5, 0.6) is 0 Å². The Bertz CT molecular complexity index is 485. The summed E-state index contributed by atoms with van der Waals surface area (Å²) in [7, 11) is 1.99. The highest BCUT2D eigenvalue weighted by Crippen LogP contribution is 2.18. The highest BCUT2D eigenvalue weighted by molar-refractivity contribution is 7.07. The Morgan fingerprint density at radius 3 is 2.82 bits per heavy atom. The van der Waals surface area contributed by atoms with Gasteiger partial charge >= 0.3 is 0 Å². The molecule has 0 radical (unpaired) electrons. The van der Waals surface area contributed by atoms with Crippen LogP contribution in [-0.2, 0) is 13.2 Å². The van der Waals surface area contributed by atoms with E-state index in [9.17, 15) is 0 Å². The van der Waals surface area contributed by atoms with Crippen molar-refractivity contribution in [3.8, 4) is 0 Å². The fourth-order valence-electron chi connectivity index (χ4n) is 1.75. The van der Waals surface area contributed by atoms with Gasteiger partial charge in [0.1, 0.15) is 5.82 Å². The quantitative estimate of drug-likeness (QED) is 0.900. The van der Waals surface area contributed by atoms with Crippen molar-refractivity contribution in [2.45, 2.75) is 20.1 Å². The van der Waals surface area contributed by atoms with Crippen LogP contribution in [-0.4, -0.2) is 22.1 Å². The molecule has 0 fully saturated rings. The molecule has 0 atom stereocenters. The molecule has 2 rings (SSSR count). The minimum Gasteiger partial charge on any atom is -0.392 e. The van der Waals surface area contributed by atoms with Gasteiger partial charge in [0.2, 0.25) is 0 Å². The number of hydrogen-bond acceptors (Lipinski definition) is 5. The summed E-state index contributed by atoms with van der Waals surface area (Å²) in [6.45, 7) is 2.78. The summed E-state index contributed by atoms with van der Waals surface area (Å²) in [4.78, 5) is 10.7. The lowest BCUT2D eigenvalue weighted by molar-refractivity contribution is 0.281. The fourth-order valence-corrected chi connectivity index (χ4v) is 2.29. The van der Waals surface area contributed by atoms with E-state index in [1.165, 1.54) is 0 Å². The molecule has 0 amide bonds. The second-order valence-electron chi connectivity index (χ2n) is 3.98. The van der Waals surface area contributed by atoms with E-state index in [2.05, 4.69) is 14.9 Å². The summed E-state index contributed by atoms with van der Waals surface area (Å²) < 4.78 is 0. The van der Waals surface area contributed by atoms with Crippen LogP contribution >= 0.6 is 11.3 Å². The van der Waals surface area contributed by atoms with Crippen LogP contribution in [0.2, 0.25) is 0 Å². The SMILES string of the molecule is Cc1cc(CO)cnc1N(C)Cc1cscn1. The van der Waals surface area contributed by atoms with Crippen LogP contribution < -0.4 is 4.90 Å². The van der Waals surface area contributed by atoms with Gasteiger partial charge in [0.05, 0.1) is 24.4 Å². The lowest BCUT2D eigenvalue weighted by atomic mass is 10.2. The first kappa shape index (κ1) is 12.0. The van der Waals surface area contributed by atoms with E-state index in [0.717, 1.165) is 29.2 Å². The lowest BCUT2D eigenvalue weighted by Gasteiger charge is -2.19. The molecule has 2 heterocycles. The Morgan fingerprint density at radius 1 is 1.41 bits per heavy atom. The molecule has 0 aliphatic carbocycles. The molecule has 5 heteroatoms. The zero-order valence-corrected chi connectivity index (χ0v) is 10.7. The Hall–Kier alpha value is -1.46. The number of nitrogens with zero attached hydrogens (tertiary/aromatic N) is 3. The molecule has 0 saturated heterocycles. The number of aromatic nitrogens is 2. The van der Waals surface area contributed by atoms with Crippen molar-refractivity contribution >= 4 is 17.2 Å². The molecule has 0 unspecified atom stereocenters. The largest absolute Gasteiger partial charge is 0.392 e. The van der Waals surface area contributed by atoms with Crippen LogP contribution in [0.3, 0.4) is 0 Å². The molecule has 17 heavy (non-hydrogen) atoms. The van der Waals surface area contributed by atoms with Gasteiger partial charge in [-0.05, 0) is 24.1 Å². The third kappa shape index (κ3) is 2.81. The van der Waals surface area contributed by atoms with Crippen molar-refractivity contribution in [1.82, 2.24) is 9.97 Å². The molecule has 0 aliphatic rings. The Kier molecular flexibility index (Phi) is 3.71. The van der Waals surface area contributed by atoms with E-state index in [4.69, 9.17) is 5.11 Å². The van der Waals surface area contributed by atoms with Crippen LogP contribution in [0.4, 0.5) is 5.82 Å². The van der Waals surface area contributed by atoms with Gasteiger partial charge < -0.3 is 10.0 Å². The number of hydrogen-bond donors (Lipinski definition) is 1. The highest BCUT2D eigenvalue weighted by Gasteiger charge is 2.08. The molecule has 0 spiro atoms. The Balaban J connectivity index is 2.16. The molecule has 1 N–H and O–H groups in total. The maximum Gasteiger partial charge on any atom is 0.131 e. The number of aliphatic hydroxyl groups is 1. The molecule has 2 aromatic heterocycles. The first-order valence-electron chi connectivity index (χ1n) is 5.35. The Labute approximate surface area is 105 Å². The number of aryl methyl sites for hydroxylation is 1. The average Bonchev–Trinajstić information content (AvgIpc) is 2.81. The van der Waals surface area contributed by atoms with Crippen LogP contribution in [0.1, 0.15) is 16.8 Å². The number of thiazole rings is 1. The minimum atomic E-state index is 0.0317. The lowest BCUT2D eigenvalue weighted by Crippen LogP contribution is -2.19. The van der Waals surface area contributed by atoms with Crippen LogP contribution in [0, 0.1) is 6.92 Å². The van der Waals surface area contributed by atoms with Gasteiger partial charge in [-0.1, -0.05) is 0 Å². The van der Waals surface area contributed by atoms with E-state index in [0.29, 0.717) is 0 Å². The predicted molar refractivity (Wildman–Crippen MR) is 69.1 cm³/mol. The van der Waals surface area contributed by atoms with Crippen LogP contribution in [0.25, 0.3) is 0 Å². The molecule has 90 valence electrons. The predicted octanol–water partition coefficient (Wildman–Crippen LogP) is 1.98. The summed E-state index contributed by atoms with van der Waals surface area (Å²) in [5.41, 5.74) is 4.78. The summed E-state index contributed by atoms with van der Waals surface area (Å²) in [6, 6.07) is 1.96. The molecule has 0 aromatic carbocycles. The topological polar surface area (TPSA) is 49.3 Å². The summed E-state index contributed by atoms with van der Waals surface area (Å²) in [5, 5.41) is 11.1. The first-order chi connectivity index (χ1) is 8.20. The Morgan fingerprint density at radius 2 is 2.24 bits per heavy atom. The number of rotatable bonds is 4. The molecular weight excluding hydrogens is 234 g/mol.